The number of rotatable bonds is 3. The Balaban J connectivity index is 2.59. The van der Waals surface area contributed by atoms with E-state index in [2.05, 4.69) is 5.32 Å². The van der Waals surface area contributed by atoms with Gasteiger partial charge in [0.15, 0.2) is 0 Å². The molecule has 2 amide bonds. The SMILES string of the molecule is CC(=O)N[C@@H]1CCN([C@@H](C)B(O)O)C1=O. The van der Waals surface area contributed by atoms with Crippen molar-refractivity contribution in [3.8, 4) is 0 Å². The van der Waals surface area contributed by atoms with Crippen molar-refractivity contribution in [1.29, 1.82) is 0 Å². The highest BCUT2D eigenvalue weighted by Crippen LogP contribution is 2.14. The average Bonchev–Trinajstić information content (AvgIpc) is 2.46. The number of nitrogens with zero attached hydrogens (tertiary/aromatic N) is 1. The highest BCUT2D eigenvalue weighted by atomic mass is 16.4. The molecular weight excluding hydrogens is 199 g/mol. The van der Waals surface area contributed by atoms with Gasteiger partial charge in [-0.1, -0.05) is 0 Å². The molecule has 15 heavy (non-hydrogen) atoms. The summed E-state index contributed by atoms with van der Waals surface area (Å²) in [6, 6.07) is -0.524. The lowest BCUT2D eigenvalue weighted by Crippen LogP contribution is -2.48. The highest BCUT2D eigenvalue weighted by molar-refractivity contribution is 6.43. The van der Waals surface area contributed by atoms with Crippen molar-refractivity contribution in [2.45, 2.75) is 32.3 Å². The Bertz CT molecular complexity index is 271. The number of amides is 2. The van der Waals surface area contributed by atoms with E-state index in [4.69, 9.17) is 10.0 Å². The van der Waals surface area contributed by atoms with Crippen molar-refractivity contribution in [3.63, 3.8) is 0 Å². The van der Waals surface area contributed by atoms with Gasteiger partial charge in [-0.05, 0) is 13.3 Å². The van der Waals surface area contributed by atoms with Gasteiger partial charge in [0.25, 0.3) is 0 Å². The minimum absolute atomic E-state index is 0.257. The van der Waals surface area contributed by atoms with E-state index in [1.165, 1.54) is 11.8 Å². The molecule has 0 aromatic heterocycles. The van der Waals surface area contributed by atoms with Gasteiger partial charge in [0.1, 0.15) is 6.04 Å². The van der Waals surface area contributed by atoms with Crippen molar-refractivity contribution < 1.29 is 19.6 Å². The molecule has 0 aromatic carbocycles. The molecule has 84 valence electrons. The molecule has 1 rings (SSSR count). The van der Waals surface area contributed by atoms with Crippen molar-refractivity contribution in [3.05, 3.63) is 0 Å². The van der Waals surface area contributed by atoms with Crippen LogP contribution in [-0.2, 0) is 9.59 Å². The van der Waals surface area contributed by atoms with Crippen LogP contribution in [0, 0.1) is 0 Å². The third kappa shape index (κ3) is 2.70. The molecular formula is C8H15BN2O4. The summed E-state index contributed by atoms with van der Waals surface area (Å²) in [7, 11) is -1.55. The summed E-state index contributed by atoms with van der Waals surface area (Å²) in [4.78, 5) is 23.8. The minimum Gasteiger partial charge on any atom is -0.426 e. The summed E-state index contributed by atoms with van der Waals surface area (Å²) in [6.45, 7) is 3.33. The van der Waals surface area contributed by atoms with Crippen LogP contribution in [0.5, 0.6) is 0 Å². The standard InChI is InChI=1S/C8H15BN2O4/c1-5(9(14)15)11-4-3-7(8(11)13)10-6(2)12/h5,7,14-15H,3-4H2,1-2H3,(H,10,12)/t5-,7+/m0/s1. The largest absolute Gasteiger partial charge is 0.475 e. The second-order valence-electron chi connectivity index (χ2n) is 3.73. The number of carbonyl (C=O) groups excluding carboxylic acids is 2. The zero-order valence-corrected chi connectivity index (χ0v) is 8.80. The Morgan fingerprint density at radius 1 is 1.67 bits per heavy atom. The number of carbonyl (C=O) groups is 2. The molecule has 0 unspecified atom stereocenters. The zero-order chi connectivity index (χ0) is 11.6. The molecule has 1 saturated heterocycles. The summed E-state index contributed by atoms with van der Waals surface area (Å²) in [6.07, 6.45) is 0.509. The Kier molecular flexibility index (Phi) is 3.70. The molecule has 0 saturated carbocycles. The number of hydrogen-bond donors (Lipinski definition) is 3. The smallest absolute Gasteiger partial charge is 0.426 e. The van der Waals surface area contributed by atoms with Crippen LogP contribution in [-0.4, -0.2) is 52.4 Å². The minimum atomic E-state index is -1.55. The van der Waals surface area contributed by atoms with Gasteiger partial charge in [-0.25, -0.2) is 0 Å². The molecule has 1 aliphatic heterocycles. The monoisotopic (exact) mass is 214 g/mol. The predicted molar refractivity (Wildman–Crippen MR) is 53.6 cm³/mol. The van der Waals surface area contributed by atoms with E-state index in [1.54, 1.807) is 6.92 Å². The normalized spacial score (nSPS) is 22.8. The Labute approximate surface area is 88.4 Å². The Hall–Kier alpha value is -1.08. The molecule has 2 atom stereocenters. The summed E-state index contributed by atoms with van der Waals surface area (Å²) in [5.41, 5.74) is 0. The average molecular weight is 214 g/mol. The molecule has 0 bridgehead atoms. The number of likely N-dealkylation sites (tertiary alicyclic amines) is 1. The van der Waals surface area contributed by atoms with E-state index in [0.29, 0.717) is 13.0 Å². The zero-order valence-electron chi connectivity index (χ0n) is 8.80. The Morgan fingerprint density at radius 2 is 2.27 bits per heavy atom. The molecule has 1 fully saturated rings. The van der Waals surface area contributed by atoms with E-state index in [9.17, 15) is 9.59 Å². The molecule has 0 spiro atoms. The molecule has 0 aromatic rings. The summed E-state index contributed by atoms with van der Waals surface area (Å²) >= 11 is 0. The van der Waals surface area contributed by atoms with Gasteiger partial charge >= 0.3 is 7.12 Å². The van der Waals surface area contributed by atoms with Crippen molar-refractivity contribution in [2.75, 3.05) is 6.54 Å². The first-order chi connectivity index (χ1) is 6.93. The van der Waals surface area contributed by atoms with Gasteiger partial charge in [0.2, 0.25) is 11.8 Å². The first kappa shape index (κ1) is 12.0. The molecule has 0 aliphatic carbocycles. The van der Waals surface area contributed by atoms with E-state index in [-0.39, 0.29) is 11.8 Å². The van der Waals surface area contributed by atoms with Crippen LogP contribution in [0.2, 0.25) is 0 Å². The fourth-order valence-corrected chi connectivity index (χ4v) is 1.65. The molecule has 1 aliphatic rings. The van der Waals surface area contributed by atoms with Crippen molar-refractivity contribution in [2.24, 2.45) is 0 Å². The van der Waals surface area contributed by atoms with E-state index in [0.717, 1.165) is 0 Å². The second kappa shape index (κ2) is 4.63. The number of nitrogens with one attached hydrogen (secondary N) is 1. The fraction of sp³-hybridized carbons (Fsp3) is 0.750. The second-order valence-corrected chi connectivity index (χ2v) is 3.73. The van der Waals surface area contributed by atoms with E-state index >= 15 is 0 Å². The lowest BCUT2D eigenvalue weighted by molar-refractivity contribution is -0.132. The Morgan fingerprint density at radius 3 is 2.73 bits per heavy atom. The predicted octanol–water partition coefficient (Wildman–Crippen LogP) is -1.88. The quantitative estimate of drug-likeness (QED) is 0.480. The molecule has 6 nitrogen and oxygen atoms in total. The van der Waals surface area contributed by atoms with Crippen LogP contribution in [0.25, 0.3) is 0 Å². The number of hydrogen-bond acceptors (Lipinski definition) is 4. The van der Waals surface area contributed by atoms with Crippen molar-refractivity contribution >= 4 is 18.9 Å². The van der Waals surface area contributed by atoms with Gasteiger partial charge in [-0.15, -0.1) is 0 Å². The molecule has 0 radical (unpaired) electrons. The van der Waals surface area contributed by atoms with Crippen molar-refractivity contribution in [1.82, 2.24) is 10.2 Å². The highest BCUT2D eigenvalue weighted by Gasteiger charge is 2.38. The maximum atomic E-state index is 11.7. The van der Waals surface area contributed by atoms with Gasteiger partial charge in [0, 0.05) is 13.5 Å². The summed E-state index contributed by atoms with van der Waals surface area (Å²) < 4.78 is 0. The topological polar surface area (TPSA) is 89.9 Å². The third-order valence-corrected chi connectivity index (χ3v) is 2.54. The van der Waals surface area contributed by atoms with Crippen LogP contribution in [0.1, 0.15) is 20.3 Å². The van der Waals surface area contributed by atoms with Crippen LogP contribution < -0.4 is 5.32 Å². The summed E-state index contributed by atoms with van der Waals surface area (Å²) in [5.74, 6) is -1.16. The van der Waals surface area contributed by atoms with Crippen LogP contribution in [0.3, 0.4) is 0 Å². The maximum Gasteiger partial charge on any atom is 0.475 e. The first-order valence-electron chi connectivity index (χ1n) is 4.87. The molecule has 3 N–H and O–H groups in total. The lowest BCUT2D eigenvalue weighted by Gasteiger charge is -2.23. The lowest BCUT2D eigenvalue weighted by atomic mass is 9.80. The van der Waals surface area contributed by atoms with Crippen LogP contribution in [0.15, 0.2) is 0 Å². The maximum absolute atomic E-state index is 11.7. The first-order valence-corrected chi connectivity index (χ1v) is 4.87. The van der Waals surface area contributed by atoms with Gasteiger partial charge in [-0.3, -0.25) is 9.59 Å². The fourth-order valence-electron chi connectivity index (χ4n) is 1.65. The molecule has 7 heteroatoms. The van der Waals surface area contributed by atoms with E-state index < -0.39 is 19.1 Å². The third-order valence-electron chi connectivity index (χ3n) is 2.54. The van der Waals surface area contributed by atoms with Gasteiger partial charge in [-0.2, -0.15) is 0 Å². The van der Waals surface area contributed by atoms with Crippen LogP contribution in [0.4, 0.5) is 0 Å². The van der Waals surface area contributed by atoms with Crippen LogP contribution >= 0.6 is 0 Å². The summed E-state index contributed by atoms with van der Waals surface area (Å²) in [5, 5.41) is 20.4. The van der Waals surface area contributed by atoms with Gasteiger partial charge < -0.3 is 20.3 Å². The molecule has 1 heterocycles. The van der Waals surface area contributed by atoms with Gasteiger partial charge in [0.05, 0.1) is 5.94 Å². The van der Waals surface area contributed by atoms with E-state index in [1.807, 2.05) is 0 Å².